The van der Waals surface area contributed by atoms with Crippen molar-refractivity contribution in [2.24, 2.45) is 0 Å². The molecule has 0 radical (unpaired) electrons. The largest absolute Gasteiger partial charge is 0.347 e. The third kappa shape index (κ3) is 4.06. The Kier molecular flexibility index (Phi) is 4.68. The van der Waals surface area contributed by atoms with Crippen molar-refractivity contribution in [3.8, 4) is 0 Å². The zero-order valence-corrected chi connectivity index (χ0v) is 14.3. The fraction of sp³-hybridized carbons (Fsp3) is 0.389. The van der Waals surface area contributed by atoms with Crippen LogP contribution in [0.4, 0.5) is 0 Å². The zero-order chi connectivity index (χ0) is 17.2. The lowest BCUT2D eigenvalue weighted by molar-refractivity contribution is 0.0944. The van der Waals surface area contributed by atoms with E-state index in [0.717, 1.165) is 16.7 Å². The third-order valence-corrected chi connectivity index (χ3v) is 3.90. The van der Waals surface area contributed by atoms with E-state index in [-0.39, 0.29) is 22.6 Å². The highest BCUT2D eigenvalue weighted by molar-refractivity contribution is 5.91. The van der Waals surface area contributed by atoms with Crippen LogP contribution in [0.2, 0.25) is 0 Å². The Labute approximate surface area is 136 Å². The maximum atomic E-state index is 12.1. The Morgan fingerprint density at radius 3 is 2.26 bits per heavy atom. The second kappa shape index (κ2) is 6.36. The summed E-state index contributed by atoms with van der Waals surface area (Å²) in [7, 11) is 0. The summed E-state index contributed by atoms with van der Waals surface area (Å²) in [5.74, 6) is -0.306. The topological polar surface area (TPSA) is 74.8 Å². The number of rotatable bonds is 3. The number of aryl methyl sites for hydroxylation is 2. The van der Waals surface area contributed by atoms with Crippen molar-refractivity contribution >= 4 is 5.91 Å². The van der Waals surface area contributed by atoms with E-state index in [1.165, 1.54) is 17.7 Å². The summed E-state index contributed by atoms with van der Waals surface area (Å²) in [5, 5.41) is 8.84. The second-order valence-electron chi connectivity index (χ2n) is 6.83. The molecule has 2 aromatic rings. The molecule has 0 aliphatic rings. The molecule has 0 saturated carbocycles. The standard InChI is InChI=1S/C18H23N3O2/c1-11-8-13(18(3,4)5)9-12(2)14(11)10-19-17(23)15-6-7-16(22)21-20-15/h6-9H,10H2,1-5H3,(H,19,23)(H,21,22). The van der Waals surface area contributed by atoms with Gasteiger partial charge in [0.1, 0.15) is 5.69 Å². The second-order valence-corrected chi connectivity index (χ2v) is 6.83. The fourth-order valence-corrected chi connectivity index (χ4v) is 2.44. The summed E-state index contributed by atoms with van der Waals surface area (Å²) in [6, 6.07) is 7.05. The van der Waals surface area contributed by atoms with Gasteiger partial charge in [-0.05, 0) is 47.6 Å². The Bertz CT molecular complexity index is 742. The summed E-state index contributed by atoms with van der Waals surface area (Å²) >= 11 is 0. The maximum Gasteiger partial charge on any atom is 0.271 e. The molecule has 0 saturated heterocycles. The monoisotopic (exact) mass is 313 g/mol. The van der Waals surface area contributed by atoms with E-state index in [4.69, 9.17) is 0 Å². The first kappa shape index (κ1) is 16.9. The molecule has 0 unspecified atom stereocenters. The van der Waals surface area contributed by atoms with Crippen molar-refractivity contribution in [1.29, 1.82) is 0 Å². The van der Waals surface area contributed by atoms with Crippen LogP contribution >= 0.6 is 0 Å². The molecule has 0 fully saturated rings. The lowest BCUT2D eigenvalue weighted by Crippen LogP contribution is -2.26. The van der Waals surface area contributed by atoms with E-state index in [1.807, 2.05) is 0 Å². The Balaban J connectivity index is 2.16. The minimum Gasteiger partial charge on any atom is -0.347 e. The third-order valence-electron chi connectivity index (χ3n) is 3.90. The van der Waals surface area contributed by atoms with Crippen LogP contribution in [-0.2, 0) is 12.0 Å². The molecule has 5 nitrogen and oxygen atoms in total. The molecule has 0 atom stereocenters. The van der Waals surface area contributed by atoms with Crippen LogP contribution in [0.25, 0.3) is 0 Å². The molecule has 2 rings (SSSR count). The van der Waals surface area contributed by atoms with E-state index in [0.29, 0.717) is 6.54 Å². The molecular formula is C18H23N3O2. The molecule has 0 spiro atoms. The first-order valence-electron chi connectivity index (χ1n) is 7.63. The Morgan fingerprint density at radius 2 is 1.78 bits per heavy atom. The van der Waals surface area contributed by atoms with Gasteiger partial charge in [0.05, 0.1) is 0 Å². The molecule has 1 aromatic heterocycles. The number of benzene rings is 1. The number of carbonyl (C=O) groups is 1. The SMILES string of the molecule is Cc1cc(C(C)(C)C)cc(C)c1CNC(=O)c1ccc(=O)[nH]n1. The smallest absolute Gasteiger partial charge is 0.271 e. The summed E-state index contributed by atoms with van der Waals surface area (Å²) in [4.78, 5) is 23.1. The lowest BCUT2D eigenvalue weighted by Gasteiger charge is -2.22. The molecule has 2 N–H and O–H groups in total. The average Bonchev–Trinajstić information content (AvgIpc) is 2.45. The highest BCUT2D eigenvalue weighted by Gasteiger charge is 2.16. The molecule has 5 heteroatoms. The number of carbonyl (C=O) groups excluding carboxylic acids is 1. The predicted molar refractivity (Wildman–Crippen MR) is 90.6 cm³/mol. The van der Waals surface area contributed by atoms with Crippen LogP contribution in [-0.4, -0.2) is 16.1 Å². The number of nitrogens with zero attached hydrogens (tertiary/aromatic N) is 1. The number of hydrogen-bond donors (Lipinski definition) is 2. The van der Waals surface area contributed by atoms with Gasteiger partial charge in [-0.25, -0.2) is 5.10 Å². The minimum atomic E-state index is -0.328. The van der Waals surface area contributed by atoms with Gasteiger partial charge in [0.15, 0.2) is 0 Å². The molecule has 0 aliphatic carbocycles. The van der Waals surface area contributed by atoms with Gasteiger partial charge in [-0.1, -0.05) is 32.9 Å². The highest BCUT2D eigenvalue weighted by atomic mass is 16.2. The van der Waals surface area contributed by atoms with Crippen molar-refractivity contribution < 1.29 is 4.79 Å². The zero-order valence-electron chi connectivity index (χ0n) is 14.3. The van der Waals surface area contributed by atoms with Crippen LogP contribution < -0.4 is 10.9 Å². The van der Waals surface area contributed by atoms with Crippen molar-refractivity contribution in [2.45, 2.75) is 46.6 Å². The number of nitrogens with one attached hydrogen (secondary N) is 2. The van der Waals surface area contributed by atoms with Crippen molar-refractivity contribution in [1.82, 2.24) is 15.5 Å². The molecule has 1 aromatic carbocycles. The van der Waals surface area contributed by atoms with Crippen LogP contribution in [0, 0.1) is 13.8 Å². The number of hydrogen-bond acceptors (Lipinski definition) is 3. The molecule has 0 aliphatic heterocycles. The highest BCUT2D eigenvalue weighted by Crippen LogP contribution is 2.26. The van der Waals surface area contributed by atoms with Gasteiger partial charge in [-0.15, -0.1) is 0 Å². The van der Waals surface area contributed by atoms with E-state index in [9.17, 15) is 9.59 Å². The molecule has 1 heterocycles. The molecule has 0 bridgehead atoms. The number of amides is 1. The van der Waals surface area contributed by atoms with Crippen molar-refractivity contribution in [3.05, 3.63) is 62.6 Å². The average molecular weight is 313 g/mol. The van der Waals surface area contributed by atoms with Gasteiger partial charge in [0.25, 0.3) is 11.5 Å². The van der Waals surface area contributed by atoms with Crippen molar-refractivity contribution in [3.63, 3.8) is 0 Å². The number of H-pyrrole nitrogens is 1. The molecule has 23 heavy (non-hydrogen) atoms. The summed E-state index contributed by atoms with van der Waals surface area (Å²) in [5.41, 5.74) is 4.67. The first-order chi connectivity index (χ1) is 10.7. The predicted octanol–water partition coefficient (Wildman–Crippen LogP) is 2.61. The molecule has 122 valence electrons. The summed E-state index contributed by atoms with van der Waals surface area (Å²) in [6.45, 7) is 11.1. The van der Waals surface area contributed by atoms with Crippen LogP contribution in [0.1, 0.15) is 53.5 Å². The van der Waals surface area contributed by atoms with Crippen LogP contribution in [0.5, 0.6) is 0 Å². The van der Waals surface area contributed by atoms with Gasteiger partial charge >= 0.3 is 0 Å². The van der Waals surface area contributed by atoms with Gasteiger partial charge in [-0.3, -0.25) is 9.59 Å². The summed E-state index contributed by atoms with van der Waals surface area (Å²) < 4.78 is 0. The lowest BCUT2D eigenvalue weighted by atomic mass is 9.84. The van der Waals surface area contributed by atoms with Crippen molar-refractivity contribution in [2.75, 3.05) is 0 Å². The van der Waals surface area contributed by atoms with E-state index in [1.54, 1.807) is 0 Å². The number of aromatic amines is 1. The molecular weight excluding hydrogens is 290 g/mol. The first-order valence-corrected chi connectivity index (χ1v) is 7.63. The van der Waals surface area contributed by atoms with Crippen LogP contribution in [0.3, 0.4) is 0 Å². The van der Waals surface area contributed by atoms with E-state index in [2.05, 4.69) is 62.3 Å². The maximum absolute atomic E-state index is 12.1. The Hall–Kier alpha value is -2.43. The fourth-order valence-electron chi connectivity index (χ4n) is 2.44. The quantitative estimate of drug-likeness (QED) is 0.914. The summed E-state index contributed by atoms with van der Waals surface area (Å²) in [6.07, 6.45) is 0. The van der Waals surface area contributed by atoms with Gasteiger partial charge in [0, 0.05) is 12.6 Å². The Morgan fingerprint density at radius 1 is 1.17 bits per heavy atom. The van der Waals surface area contributed by atoms with Crippen LogP contribution in [0.15, 0.2) is 29.1 Å². The van der Waals surface area contributed by atoms with Gasteiger partial charge in [-0.2, -0.15) is 5.10 Å². The van der Waals surface area contributed by atoms with E-state index >= 15 is 0 Å². The number of aromatic nitrogens is 2. The van der Waals surface area contributed by atoms with Gasteiger partial charge < -0.3 is 5.32 Å². The normalized spacial score (nSPS) is 11.3. The molecule has 1 amide bonds. The van der Waals surface area contributed by atoms with Gasteiger partial charge in [0.2, 0.25) is 0 Å². The van der Waals surface area contributed by atoms with E-state index < -0.39 is 0 Å². The minimum absolute atomic E-state index is 0.0944.